The van der Waals surface area contributed by atoms with Crippen LogP contribution in [-0.4, -0.2) is 47.8 Å². The van der Waals surface area contributed by atoms with Gasteiger partial charge in [0.2, 0.25) is 10.0 Å². The predicted octanol–water partition coefficient (Wildman–Crippen LogP) is 0.223. The molecule has 2 rings (SSSR count). The molecule has 124 valence electrons. The van der Waals surface area contributed by atoms with Crippen molar-refractivity contribution in [2.45, 2.75) is 31.1 Å². The van der Waals surface area contributed by atoms with Gasteiger partial charge in [-0.3, -0.25) is 0 Å². The molecule has 1 heterocycles. The van der Waals surface area contributed by atoms with E-state index in [-0.39, 0.29) is 0 Å². The van der Waals surface area contributed by atoms with Gasteiger partial charge in [0.05, 0.1) is 24.7 Å². The van der Waals surface area contributed by atoms with Gasteiger partial charge in [-0.2, -0.15) is 0 Å². The molecule has 1 aromatic carbocycles. The third-order valence-electron chi connectivity index (χ3n) is 3.97. The lowest BCUT2D eigenvalue weighted by atomic mass is 10.1. The van der Waals surface area contributed by atoms with Gasteiger partial charge in [-0.15, -0.1) is 0 Å². The van der Waals surface area contributed by atoms with E-state index in [0.717, 1.165) is 52.1 Å². The van der Waals surface area contributed by atoms with Crippen LogP contribution in [0.15, 0.2) is 29.2 Å². The summed E-state index contributed by atoms with van der Waals surface area (Å²) in [5.41, 5.74) is 1.18. The van der Waals surface area contributed by atoms with Crippen LogP contribution in [0.4, 0.5) is 0 Å². The van der Waals surface area contributed by atoms with Gasteiger partial charge >= 0.3 is 0 Å². The van der Waals surface area contributed by atoms with Crippen LogP contribution in [0.2, 0.25) is 0 Å². The zero-order valence-electron chi connectivity index (χ0n) is 13.3. The second-order valence-corrected chi connectivity index (χ2v) is 7.52. The van der Waals surface area contributed by atoms with E-state index in [2.05, 4.69) is 11.6 Å². The number of hydrogen-bond acceptors (Lipinski definition) is 3. The molecule has 0 saturated carbocycles. The Morgan fingerprint density at radius 3 is 2.50 bits per heavy atom. The monoisotopic (exact) mass is 327 g/mol. The predicted molar refractivity (Wildman–Crippen MR) is 86.6 cm³/mol. The number of quaternary nitrogens is 1. The molecule has 0 atom stereocenters. The lowest BCUT2D eigenvalue weighted by Gasteiger charge is -2.23. The molecule has 1 aliphatic heterocycles. The molecule has 5 nitrogen and oxygen atoms in total. The highest BCUT2D eigenvalue weighted by Crippen LogP contribution is 2.11. The van der Waals surface area contributed by atoms with Crippen molar-refractivity contribution < 1.29 is 18.1 Å². The molecule has 0 aromatic heterocycles. The maximum absolute atomic E-state index is 12.2. The average Bonchev–Trinajstić information content (AvgIpc) is 2.53. The molecular weight excluding hydrogens is 300 g/mol. The summed E-state index contributed by atoms with van der Waals surface area (Å²) in [5, 5.41) is 0. The van der Waals surface area contributed by atoms with Gasteiger partial charge in [0, 0.05) is 13.0 Å². The number of nitrogens with one attached hydrogen (secondary N) is 2. The van der Waals surface area contributed by atoms with Gasteiger partial charge < -0.3 is 9.64 Å². The molecular formula is C16H27N2O3S+. The van der Waals surface area contributed by atoms with Crippen molar-refractivity contribution in [2.24, 2.45) is 0 Å². The van der Waals surface area contributed by atoms with Crippen molar-refractivity contribution in [3.8, 4) is 0 Å². The highest BCUT2D eigenvalue weighted by molar-refractivity contribution is 7.89. The van der Waals surface area contributed by atoms with E-state index in [4.69, 9.17) is 4.74 Å². The van der Waals surface area contributed by atoms with Crippen molar-refractivity contribution in [1.29, 1.82) is 0 Å². The largest absolute Gasteiger partial charge is 0.370 e. The van der Waals surface area contributed by atoms with Gasteiger partial charge in [-0.25, -0.2) is 13.1 Å². The molecule has 1 aromatic rings. The van der Waals surface area contributed by atoms with Crippen molar-refractivity contribution in [2.75, 3.05) is 39.4 Å². The maximum Gasteiger partial charge on any atom is 0.240 e. The minimum Gasteiger partial charge on any atom is -0.370 e. The second kappa shape index (κ2) is 8.62. The molecule has 1 saturated heterocycles. The topological polar surface area (TPSA) is 59.8 Å². The quantitative estimate of drug-likeness (QED) is 0.672. The third-order valence-corrected chi connectivity index (χ3v) is 5.45. The molecule has 0 aliphatic carbocycles. The first kappa shape index (κ1) is 17.4. The van der Waals surface area contributed by atoms with Crippen LogP contribution in [0.5, 0.6) is 0 Å². The molecule has 0 spiro atoms. The Bertz CT molecular complexity index is 537. The van der Waals surface area contributed by atoms with E-state index in [1.165, 1.54) is 10.5 Å². The Labute approximate surface area is 133 Å². The van der Waals surface area contributed by atoms with Crippen molar-refractivity contribution in [3.63, 3.8) is 0 Å². The normalized spacial score (nSPS) is 16.8. The highest BCUT2D eigenvalue weighted by atomic mass is 32.2. The smallest absolute Gasteiger partial charge is 0.240 e. The highest BCUT2D eigenvalue weighted by Gasteiger charge is 2.15. The number of ether oxygens (including phenoxy) is 1. The SMILES string of the molecule is CCCc1ccc(S(=O)(=O)NCCC[NH+]2CCOCC2)cc1. The molecule has 6 heteroatoms. The number of morpholine rings is 1. The Hall–Kier alpha value is -0.950. The standard InChI is InChI=1S/C16H26N2O3S/c1-2-4-15-5-7-16(8-6-15)22(19,20)17-9-3-10-18-11-13-21-14-12-18/h5-8,17H,2-4,9-14H2,1H3/p+1. The van der Waals surface area contributed by atoms with E-state index in [0.29, 0.717) is 11.4 Å². The number of sulfonamides is 1. The van der Waals surface area contributed by atoms with E-state index < -0.39 is 10.0 Å². The fourth-order valence-electron chi connectivity index (χ4n) is 2.66. The van der Waals surface area contributed by atoms with Gasteiger partial charge in [0.1, 0.15) is 13.1 Å². The zero-order chi connectivity index (χ0) is 15.8. The minimum absolute atomic E-state index is 0.353. The summed E-state index contributed by atoms with van der Waals surface area (Å²) in [6.45, 7) is 7.25. The van der Waals surface area contributed by atoms with Crippen LogP contribution in [-0.2, 0) is 21.2 Å². The maximum atomic E-state index is 12.2. The zero-order valence-corrected chi connectivity index (χ0v) is 14.1. The summed E-state index contributed by atoms with van der Waals surface area (Å²) >= 11 is 0. The van der Waals surface area contributed by atoms with Crippen molar-refractivity contribution in [1.82, 2.24) is 4.72 Å². The van der Waals surface area contributed by atoms with E-state index in [1.807, 2.05) is 12.1 Å². The number of rotatable bonds is 8. The van der Waals surface area contributed by atoms with Crippen LogP contribution < -0.4 is 9.62 Å². The first-order valence-electron chi connectivity index (χ1n) is 8.12. The van der Waals surface area contributed by atoms with Crippen LogP contribution in [0.25, 0.3) is 0 Å². The summed E-state index contributed by atoms with van der Waals surface area (Å²) in [7, 11) is -3.38. The summed E-state index contributed by atoms with van der Waals surface area (Å²) in [6, 6.07) is 7.19. The Morgan fingerprint density at radius 2 is 1.86 bits per heavy atom. The lowest BCUT2D eigenvalue weighted by Crippen LogP contribution is -3.14. The lowest BCUT2D eigenvalue weighted by molar-refractivity contribution is -0.908. The molecule has 0 unspecified atom stereocenters. The number of hydrogen-bond donors (Lipinski definition) is 2. The van der Waals surface area contributed by atoms with E-state index in [9.17, 15) is 8.42 Å². The van der Waals surface area contributed by atoms with Gasteiger partial charge in [-0.1, -0.05) is 25.5 Å². The fourth-order valence-corrected chi connectivity index (χ4v) is 3.74. The molecule has 0 radical (unpaired) electrons. The van der Waals surface area contributed by atoms with E-state index in [1.54, 1.807) is 12.1 Å². The molecule has 0 bridgehead atoms. The Kier molecular flexibility index (Phi) is 6.82. The molecule has 1 fully saturated rings. The first-order valence-corrected chi connectivity index (χ1v) is 9.60. The second-order valence-electron chi connectivity index (χ2n) is 5.76. The average molecular weight is 327 g/mol. The fraction of sp³-hybridized carbons (Fsp3) is 0.625. The summed E-state index contributed by atoms with van der Waals surface area (Å²) in [5.74, 6) is 0. The van der Waals surface area contributed by atoms with Gasteiger partial charge in [0.15, 0.2) is 0 Å². The van der Waals surface area contributed by atoms with Crippen LogP contribution >= 0.6 is 0 Å². The number of benzene rings is 1. The van der Waals surface area contributed by atoms with Crippen molar-refractivity contribution >= 4 is 10.0 Å². The molecule has 22 heavy (non-hydrogen) atoms. The van der Waals surface area contributed by atoms with E-state index >= 15 is 0 Å². The summed E-state index contributed by atoms with van der Waals surface area (Å²) < 4.78 is 32.4. The summed E-state index contributed by atoms with van der Waals surface area (Å²) in [4.78, 5) is 1.85. The Morgan fingerprint density at radius 1 is 1.18 bits per heavy atom. The van der Waals surface area contributed by atoms with Crippen molar-refractivity contribution in [3.05, 3.63) is 29.8 Å². The van der Waals surface area contributed by atoms with Gasteiger partial charge in [0.25, 0.3) is 0 Å². The van der Waals surface area contributed by atoms with Crippen LogP contribution in [0.1, 0.15) is 25.3 Å². The van der Waals surface area contributed by atoms with Crippen LogP contribution in [0.3, 0.4) is 0 Å². The van der Waals surface area contributed by atoms with Gasteiger partial charge in [-0.05, 0) is 24.1 Å². The first-order chi connectivity index (χ1) is 10.6. The van der Waals surface area contributed by atoms with Crippen LogP contribution in [0, 0.1) is 0 Å². The number of aryl methyl sites for hydroxylation is 1. The molecule has 2 N–H and O–H groups in total. The minimum atomic E-state index is -3.38. The molecule has 0 amide bonds. The summed E-state index contributed by atoms with van der Waals surface area (Å²) in [6.07, 6.45) is 2.90. The molecule has 1 aliphatic rings. The third kappa shape index (κ3) is 5.35. The Balaban J connectivity index is 1.77.